The van der Waals surface area contributed by atoms with Gasteiger partial charge in [0, 0.05) is 18.2 Å². The van der Waals surface area contributed by atoms with E-state index in [1.165, 1.54) is 12.1 Å². The van der Waals surface area contributed by atoms with Crippen LogP contribution in [0.3, 0.4) is 0 Å². The minimum Gasteiger partial charge on any atom is -0.330 e. The van der Waals surface area contributed by atoms with Gasteiger partial charge in [-0.15, -0.1) is 0 Å². The first-order chi connectivity index (χ1) is 9.04. The highest BCUT2D eigenvalue weighted by Gasteiger charge is 2.30. The molecule has 2 atom stereocenters. The van der Waals surface area contributed by atoms with Crippen LogP contribution in [0.4, 0.5) is 8.78 Å². The highest BCUT2D eigenvalue weighted by atomic mass is 79.9. The van der Waals surface area contributed by atoms with Gasteiger partial charge in [-0.2, -0.15) is 0 Å². The number of hydrogen-bond acceptors (Lipinski definition) is 2. The normalized spacial score (nSPS) is 23.3. The Kier molecular flexibility index (Phi) is 4.92. The van der Waals surface area contributed by atoms with Crippen molar-refractivity contribution < 1.29 is 8.78 Å². The maximum Gasteiger partial charge on any atom is 0.144 e. The molecule has 0 aromatic heterocycles. The molecule has 1 saturated carbocycles. The summed E-state index contributed by atoms with van der Waals surface area (Å²) in [6, 6.07) is 3.01. The van der Waals surface area contributed by atoms with Crippen molar-refractivity contribution >= 4 is 15.9 Å². The lowest BCUT2D eigenvalue weighted by molar-refractivity contribution is 0.188. The molecule has 2 N–H and O–H groups in total. The van der Waals surface area contributed by atoms with Crippen molar-refractivity contribution in [3.63, 3.8) is 0 Å². The lowest BCUT2D eigenvalue weighted by Gasteiger charge is -2.29. The molecule has 0 radical (unpaired) electrons. The van der Waals surface area contributed by atoms with Gasteiger partial charge in [0.15, 0.2) is 0 Å². The van der Waals surface area contributed by atoms with Crippen LogP contribution in [0.25, 0.3) is 0 Å². The molecule has 5 heteroatoms. The largest absolute Gasteiger partial charge is 0.330 e. The Morgan fingerprint density at radius 3 is 2.79 bits per heavy atom. The average Bonchev–Trinajstić information content (AvgIpc) is 2.87. The standard InChI is InChI=1S/C14H19BrF2N2/c1-19(13-4-2-3-9(13)7-18)8-10-12(16)6-5-11(15)14(10)17/h5-6,9,13H,2-4,7-8,18H2,1H3. The molecule has 0 saturated heterocycles. The highest BCUT2D eigenvalue weighted by Crippen LogP contribution is 2.30. The number of hydrogen-bond donors (Lipinski definition) is 1. The molecule has 0 aliphatic heterocycles. The summed E-state index contributed by atoms with van der Waals surface area (Å²) in [5, 5.41) is 0. The maximum absolute atomic E-state index is 14.0. The number of rotatable bonds is 4. The molecule has 0 heterocycles. The summed E-state index contributed by atoms with van der Waals surface area (Å²) in [6.07, 6.45) is 3.30. The third-order valence-corrected chi connectivity index (χ3v) is 4.65. The Labute approximate surface area is 121 Å². The van der Waals surface area contributed by atoms with Gasteiger partial charge in [-0.05, 0) is 60.4 Å². The monoisotopic (exact) mass is 332 g/mol. The topological polar surface area (TPSA) is 29.3 Å². The van der Waals surface area contributed by atoms with Crippen molar-refractivity contribution in [2.24, 2.45) is 11.7 Å². The SMILES string of the molecule is CN(Cc1c(F)ccc(Br)c1F)C1CCCC1CN. The summed E-state index contributed by atoms with van der Waals surface area (Å²) in [5.41, 5.74) is 5.88. The Hall–Kier alpha value is -0.520. The molecule has 19 heavy (non-hydrogen) atoms. The van der Waals surface area contributed by atoms with Crippen LogP contribution in [0, 0.1) is 17.6 Å². The second kappa shape index (κ2) is 6.29. The summed E-state index contributed by atoms with van der Waals surface area (Å²) in [4.78, 5) is 2.03. The Morgan fingerprint density at radius 1 is 1.37 bits per heavy atom. The van der Waals surface area contributed by atoms with Gasteiger partial charge in [0.2, 0.25) is 0 Å². The third kappa shape index (κ3) is 3.15. The molecule has 0 bridgehead atoms. The van der Waals surface area contributed by atoms with Crippen LogP contribution < -0.4 is 5.73 Å². The van der Waals surface area contributed by atoms with Crippen LogP contribution in [0.5, 0.6) is 0 Å². The maximum atomic E-state index is 14.0. The fourth-order valence-corrected chi connectivity index (χ4v) is 3.32. The highest BCUT2D eigenvalue weighted by molar-refractivity contribution is 9.10. The molecular weight excluding hydrogens is 314 g/mol. The molecule has 1 aromatic carbocycles. The van der Waals surface area contributed by atoms with Gasteiger partial charge in [0.1, 0.15) is 11.6 Å². The average molecular weight is 333 g/mol. The lowest BCUT2D eigenvalue weighted by atomic mass is 10.0. The van der Waals surface area contributed by atoms with Crippen molar-refractivity contribution in [1.29, 1.82) is 0 Å². The predicted octanol–water partition coefficient (Wildman–Crippen LogP) is 3.29. The van der Waals surface area contributed by atoms with Gasteiger partial charge in [-0.25, -0.2) is 8.78 Å². The summed E-state index contributed by atoms with van der Waals surface area (Å²) in [7, 11) is 1.92. The summed E-state index contributed by atoms with van der Waals surface area (Å²) < 4.78 is 28.0. The molecular formula is C14H19BrF2N2. The van der Waals surface area contributed by atoms with Gasteiger partial charge in [-0.1, -0.05) is 6.42 Å². The molecule has 0 spiro atoms. The minimum atomic E-state index is -0.505. The zero-order chi connectivity index (χ0) is 14.0. The predicted molar refractivity (Wildman–Crippen MR) is 75.7 cm³/mol. The van der Waals surface area contributed by atoms with E-state index >= 15 is 0 Å². The van der Waals surface area contributed by atoms with E-state index in [2.05, 4.69) is 15.9 Å². The van der Waals surface area contributed by atoms with Crippen LogP contribution in [0.1, 0.15) is 24.8 Å². The van der Waals surface area contributed by atoms with E-state index in [0.29, 0.717) is 23.0 Å². The van der Waals surface area contributed by atoms with Gasteiger partial charge in [0.25, 0.3) is 0 Å². The van der Waals surface area contributed by atoms with E-state index in [-0.39, 0.29) is 12.1 Å². The summed E-state index contributed by atoms with van der Waals surface area (Å²) in [6.45, 7) is 0.913. The van der Waals surface area contributed by atoms with Gasteiger partial charge < -0.3 is 5.73 Å². The van der Waals surface area contributed by atoms with Crippen LogP contribution in [0.15, 0.2) is 16.6 Å². The fraction of sp³-hybridized carbons (Fsp3) is 0.571. The number of nitrogens with zero attached hydrogens (tertiary/aromatic N) is 1. The Balaban J connectivity index is 2.15. The Bertz CT molecular complexity index is 453. The quantitative estimate of drug-likeness (QED) is 0.857. The van der Waals surface area contributed by atoms with Crippen molar-refractivity contribution in [3.8, 4) is 0 Å². The van der Waals surface area contributed by atoms with Gasteiger partial charge >= 0.3 is 0 Å². The van der Waals surface area contributed by atoms with Crippen molar-refractivity contribution in [2.75, 3.05) is 13.6 Å². The third-order valence-electron chi connectivity index (χ3n) is 4.03. The van der Waals surface area contributed by atoms with Gasteiger partial charge in [0.05, 0.1) is 4.47 Å². The fourth-order valence-electron chi connectivity index (χ4n) is 2.95. The number of nitrogens with two attached hydrogens (primary N) is 1. The molecule has 1 fully saturated rings. The molecule has 2 nitrogen and oxygen atoms in total. The first-order valence-electron chi connectivity index (χ1n) is 6.57. The first kappa shape index (κ1) is 14.9. The van der Waals surface area contributed by atoms with E-state index in [1.807, 2.05) is 11.9 Å². The lowest BCUT2D eigenvalue weighted by Crippen LogP contribution is -2.37. The van der Waals surface area contributed by atoms with Crippen LogP contribution >= 0.6 is 15.9 Å². The molecule has 1 aromatic rings. The molecule has 1 aliphatic rings. The van der Waals surface area contributed by atoms with Crippen LogP contribution in [0.2, 0.25) is 0 Å². The number of halogens is 3. The summed E-state index contributed by atoms with van der Waals surface area (Å²) >= 11 is 3.10. The molecule has 106 valence electrons. The molecule has 0 amide bonds. The molecule has 2 rings (SSSR count). The number of benzene rings is 1. The van der Waals surface area contributed by atoms with E-state index in [9.17, 15) is 8.78 Å². The molecule has 2 unspecified atom stereocenters. The van der Waals surface area contributed by atoms with Crippen LogP contribution in [-0.4, -0.2) is 24.5 Å². The van der Waals surface area contributed by atoms with Crippen molar-refractivity contribution in [3.05, 3.63) is 33.8 Å². The smallest absolute Gasteiger partial charge is 0.144 e. The van der Waals surface area contributed by atoms with Crippen molar-refractivity contribution in [1.82, 2.24) is 4.90 Å². The van der Waals surface area contributed by atoms with Gasteiger partial charge in [-0.3, -0.25) is 4.90 Å². The van der Waals surface area contributed by atoms with Crippen LogP contribution in [-0.2, 0) is 6.54 Å². The minimum absolute atomic E-state index is 0.125. The van der Waals surface area contributed by atoms with E-state index in [0.717, 1.165) is 19.3 Å². The van der Waals surface area contributed by atoms with E-state index in [1.54, 1.807) is 0 Å². The zero-order valence-electron chi connectivity index (χ0n) is 11.0. The molecule has 1 aliphatic carbocycles. The first-order valence-corrected chi connectivity index (χ1v) is 7.36. The second-order valence-electron chi connectivity index (χ2n) is 5.23. The van der Waals surface area contributed by atoms with Crippen molar-refractivity contribution in [2.45, 2.75) is 31.8 Å². The Morgan fingerprint density at radius 2 is 2.11 bits per heavy atom. The van der Waals surface area contributed by atoms with E-state index in [4.69, 9.17) is 5.73 Å². The summed E-state index contributed by atoms with van der Waals surface area (Å²) in [5.74, 6) is -0.563. The van der Waals surface area contributed by atoms with E-state index < -0.39 is 11.6 Å². The second-order valence-corrected chi connectivity index (χ2v) is 6.09. The zero-order valence-corrected chi connectivity index (χ0v) is 12.6.